The van der Waals surface area contributed by atoms with Gasteiger partial charge in [0.15, 0.2) is 0 Å². The lowest BCUT2D eigenvalue weighted by Crippen LogP contribution is -2.34. The molecule has 0 aliphatic heterocycles. The Morgan fingerprint density at radius 2 is 1.88 bits per heavy atom. The largest absolute Gasteiger partial charge is 0.361 e. The Balaban J connectivity index is 2.83. The van der Waals surface area contributed by atoms with Crippen molar-refractivity contribution < 1.29 is 4.52 Å². The summed E-state index contributed by atoms with van der Waals surface area (Å²) in [5.74, 6) is 1.57. The third-order valence-electron chi connectivity index (χ3n) is 3.31. The molecule has 0 aliphatic rings. The Morgan fingerprint density at radius 3 is 2.25 bits per heavy atom. The van der Waals surface area contributed by atoms with E-state index in [1.54, 1.807) is 0 Å². The summed E-state index contributed by atoms with van der Waals surface area (Å²) in [4.78, 5) is 0. The molecule has 1 N–H and O–H groups in total. The SMILES string of the molecule is CC[C@H](N[C@@H](C)C(C)C)c1c(C)noc1C. The highest BCUT2D eigenvalue weighted by Crippen LogP contribution is 2.25. The third kappa shape index (κ3) is 2.85. The summed E-state index contributed by atoms with van der Waals surface area (Å²) in [6.45, 7) is 12.9. The standard InChI is InChI=1S/C13H24N2O/c1-7-12(14-9(4)8(2)3)13-10(5)15-16-11(13)6/h8-9,12,14H,7H2,1-6H3/t9-,12-/m0/s1. The normalized spacial score (nSPS) is 15.4. The van der Waals surface area contributed by atoms with Gasteiger partial charge in [0.2, 0.25) is 0 Å². The Bertz CT molecular complexity index is 311. The van der Waals surface area contributed by atoms with Gasteiger partial charge in [0.1, 0.15) is 5.76 Å². The van der Waals surface area contributed by atoms with Gasteiger partial charge >= 0.3 is 0 Å². The Hall–Kier alpha value is -0.830. The predicted octanol–water partition coefficient (Wildman–Crippen LogP) is 3.38. The number of hydrogen-bond acceptors (Lipinski definition) is 3. The van der Waals surface area contributed by atoms with Crippen LogP contribution in [0.4, 0.5) is 0 Å². The molecule has 0 unspecified atom stereocenters. The molecule has 0 saturated heterocycles. The first-order valence-corrected chi connectivity index (χ1v) is 6.16. The van der Waals surface area contributed by atoms with E-state index in [0.717, 1.165) is 17.9 Å². The van der Waals surface area contributed by atoms with Crippen LogP contribution in [0.15, 0.2) is 4.52 Å². The van der Waals surface area contributed by atoms with Crippen LogP contribution in [0.3, 0.4) is 0 Å². The quantitative estimate of drug-likeness (QED) is 0.833. The highest BCUT2D eigenvalue weighted by atomic mass is 16.5. The van der Waals surface area contributed by atoms with Crippen LogP contribution in [0.5, 0.6) is 0 Å². The summed E-state index contributed by atoms with van der Waals surface area (Å²) in [6, 6.07) is 0.849. The second-order valence-electron chi connectivity index (χ2n) is 4.90. The fourth-order valence-corrected chi connectivity index (χ4v) is 1.90. The first-order chi connectivity index (χ1) is 7.47. The number of aryl methyl sites for hydroxylation is 2. The molecule has 0 bridgehead atoms. The molecule has 0 radical (unpaired) electrons. The summed E-state index contributed by atoms with van der Waals surface area (Å²) in [5, 5.41) is 7.67. The molecule has 1 aromatic heterocycles. The van der Waals surface area contributed by atoms with Crippen molar-refractivity contribution in [2.24, 2.45) is 5.92 Å². The predicted molar refractivity (Wildman–Crippen MR) is 66.4 cm³/mol. The molecule has 0 aliphatic carbocycles. The van der Waals surface area contributed by atoms with E-state index in [2.05, 4.69) is 38.2 Å². The van der Waals surface area contributed by atoms with E-state index >= 15 is 0 Å². The van der Waals surface area contributed by atoms with Crippen molar-refractivity contribution >= 4 is 0 Å². The smallest absolute Gasteiger partial charge is 0.138 e. The van der Waals surface area contributed by atoms with E-state index in [0.29, 0.717) is 18.0 Å². The minimum Gasteiger partial charge on any atom is -0.361 e. The minimum absolute atomic E-state index is 0.351. The average Bonchev–Trinajstić information content (AvgIpc) is 2.55. The molecular weight excluding hydrogens is 200 g/mol. The molecule has 1 aromatic rings. The second-order valence-corrected chi connectivity index (χ2v) is 4.90. The van der Waals surface area contributed by atoms with Crippen molar-refractivity contribution in [3.05, 3.63) is 17.0 Å². The van der Waals surface area contributed by atoms with E-state index in [1.807, 2.05) is 13.8 Å². The number of nitrogens with one attached hydrogen (secondary N) is 1. The van der Waals surface area contributed by atoms with Gasteiger partial charge in [-0.15, -0.1) is 0 Å². The Kier molecular flexibility index (Phi) is 4.54. The van der Waals surface area contributed by atoms with E-state index in [-0.39, 0.29) is 0 Å². The van der Waals surface area contributed by atoms with Crippen molar-refractivity contribution in [3.63, 3.8) is 0 Å². The molecule has 92 valence electrons. The van der Waals surface area contributed by atoms with Crippen LogP contribution < -0.4 is 5.32 Å². The van der Waals surface area contributed by atoms with Crippen molar-refractivity contribution in [1.29, 1.82) is 0 Å². The summed E-state index contributed by atoms with van der Waals surface area (Å²) < 4.78 is 5.23. The molecule has 0 amide bonds. The molecule has 16 heavy (non-hydrogen) atoms. The first-order valence-electron chi connectivity index (χ1n) is 6.16. The van der Waals surface area contributed by atoms with Gasteiger partial charge in [0.25, 0.3) is 0 Å². The van der Waals surface area contributed by atoms with E-state index in [1.165, 1.54) is 5.56 Å². The lowest BCUT2D eigenvalue weighted by molar-refractivity contribution is 0.362. The molecule has 0 fully saturated rings. The molecule has 0 saturated carbocycles. The molecule has 0 aromatic carbocycles. The van der Waals surface area contributed by atoms with Gasteiger partial charge in [-0.05, 0) is 33.1 Å². The van der Waals surface area contributed by atoms with Gasteiger partial charge in [-0.1, -0.05) is 25.9 Å². The molecule has 3 nitrogen and oxygen atoms in total. The van der Waals surface area contributed by atoms with E-state index in [9.17, 15) is 0 Å². The summed E-state index contributed by atoms with van der Waals surface area (Å²) in [5.41, 5.74) is 2.24. The number of rotatable bonds is 5. The lowest BCUT2D eigenvalue weighted by Gasteiger charge is -2.24. The van der Waals surface area contributed by atoms with Gasteiger partial charge in [-0.3, -0.25) is 0 Å². The molecule has 1 rings (SSSR count). The van der Waals surface area contributed by atoms with Crippen molar-refractivity contribution in [2.75, 3.05) is 0 Å². The molecule has 1 heterocycles. The van der Waals surface area contributed by atoms with Crippen LogP contribution in [0, 0.1) is 19.8 Å². The topological polar surface area (TPSA) is 38.1 Å². The van der Waals surface area contributed by atoms with Crippen LogP contribution in [-0.2, 0) is 0 Å². The maximum atomic E-state index is 5.23. The monoisotopic (exact) mass is 224 g/mol. The van der Waals surface area contributed by atoms with Crippen LogP contribution in [-0.4, -0.2) is 11.2 Å². The van der Waals surface area contributed by atoms with Crippen molar-refractivity contribution in [3.8, 4) is 0 Å². The maximum absolute atomic E-state index is 5.23. The van der Waals surface area contributed by atoms with Crippen molar-refractivity contribution in [2.45, 2.75) is 60.0 Å². The number of aromatic nitrogens is 1. The second kappa shape index (κ2) is 5.48. The first kappa shape index (κ1) is 13.2. The van der Waals surface area contributed by atoms with Crippen LogP contribution in [0.2, 0.25) is 0 Å². The molecule has 3 heteroatoms. The third-order valence-corrected chi connectivity index (χ3v) is 3.31. The maximum Gasteiger partial charge on any atom is 0.138 e. The summed E-state index contributed by atoms with van der Waals surface area (Å²) in [7, 11) is 0. The summed E-state index contributed by atoms with van der Waals surface area (Å²) >= 11 is 0. The van der Waals surface area contributed by atoms with Gasteiger partial charge in [0, 0.05) is 17.6 Å². The fraction of sp³-hybridized carbons (Fsp3) is 0.769. The molecule has 0 spiro atoms. The number of nitrogens with zero attached hydrogens (tertiary/aromatic N) is 1. The van der Waals surface area contributed by atoms with Gasteiger partial charge in [0.05, 0.1) is 5.69 Å². The van der Waals surface area contributed by atoms with E-state index < -0.39 is 0 Å². The van der Waals surface area contributed by atoms with Crippen LogP contribution in [0.1, 0.15) is 57.2 Å². The zero-order valence-electron chi connectivity index (χ0n) is 11.3. The highest BCUT2D eigenvalue weighted by molar-refractivity contribution is 5.25. The molecular formula is C13H24N2O. The number of hydrogen-bond donors (Lipinski definition) is 1. The average molecular weight is 224 g/mol. The highest BCUT2D eigenvalue weighted by Gasteiger charge is 2.21. The van der Waals surface area contributed by atoms with Crippen LogP contribution in [0.25, 0.3) is 0 Å². The van der Waals surface area contributed by atoms with Gasteiger partial charge in [-0.25, -0.2) is 0 Å². The zero-order chi connectivity index (χ0) is 12.3. The lowest BCUT2D eigenvalue weighted by atomic mass is 9.99. The zero-order valence-corrected chi connectivity index (χ0v) is 11.3. The fourth-order valence-electron chi connectivity index (χ4n) is 1.90. The van der Waals surface area contributed by atoms with Gasteiger partial charge in [-0.2, -0.15) is 0 Å². The molecule has 2 atom stereocenters. The van der Waals surface area contributed by atoms with E-state index in [4.69, 9.17) is 4.52 Å². The van der Waals surface area contributed by atoms with Gasteiger partial charge < -0.3 is 9.84 Å². The van der Waals surface area contributed by atoms with Crippen molar-refractivity contribution in [1.82, 2.24) is 10.5 Å². The minimum atomic E-state index is 0.351. The van der Waals surface area contributed by atoms with Crippen LogP contribution >= 0.6 is 0 Å². The Labute approximate surface area is 98.6 Å². The summed E-state index contributed by atoms with van der Waals surface area (Å²) in [6.07, 6.45) is 1.06. The Morgan fingerprint density at radius 1 is 1.25 bits per heavy atom.